The summed E-state index contributed by atoms with van der Waals surface area (Å²) in [4.78, 5) is 19.5. The molecular formula is C21H25N3O2S. The molecule has 4 rings (SSSR count). The van der Waals surface area contributed by atoms with E-state index in [1.807, 2.05) is 42.1 Å². The molecule has 27 heavy (non-hydrogen) atoms. The number of carbonyl (C=O) groups excluding carboxylic acids is 1. The first-order valence-electron chi connectivity index (χ1n) is 9.53. The van der Waals surface area contributed by atoms with Crippen LogP contribution < -0.4 is 5.32 Å². The Morgan fingerprint density at radius 1 is 1.30 bits per heavy atom. The van der Waals surface area contributed by atoms with Gasteiger partial charge in [0.05, 0.1) is 12.3 Å². The van der Waals surface area contributed by atoms with Gasteiger partial charge in [0.25, 0.3) is 5.91 Å². The van der Waals surface area contributed by atoms with Gasteiger partial charge in [0.2, 0.25) is 0 Å². The fraction of sp³-hybridized carbons (Fsp3) is 0.429. The first kappa shape index (κ1) is 18.2. The lowest BCUT2D eigenvalue weighted by molar-refractivity contribution is 0.0932. The van der Waals surface area contributed by atoms with Gasteiger partial charge in [-0.25, -0.2) is 4.98 Å². The Morgan fingerprint density at radius 2 is 2.04 bits per heavy atom. The normalized spacial score (nSPS) is 15.3. The van der Waals surface area contributed by atoms with Crippen molar-refractivity contribution in [1.29, 1.82) is 0 Å². The topological polar surface area (TPSA) is 56.1 Å². The molecule has 3 aromatic heterocycles. The summed E-state index contributed by atoms with van der Waals surface area (Å²) in [7, 11) is 1.69. The van der Waals surface area contributed by atoms with Gasteiger partial charge < -0.3 is 14.6 Å². The van der Waals surface area contributed by atoms with Crippen molar-refractivity contribution in [3.05, 3.63) is 46.7 Å². The Morgan fingerprint density at radius 3 is 2.74 bits per heavy atom. The molecule has 142 valence electrons. The second kappa shape index (κ2) is 7.82. The molecule has 1 aliphatic rings. The second-order valence-corrected chi connectivity index (χ2v) is 8.21. The van der Waals surface area contributed by atoms with Crippen LogP contribution in [0.1, 0.15) is 53.0 Å². The highest BCUT2D eigenvalue weighted by atomic mass is 32.1. The maximum atomic E-state index is 13.2. The smallest absolute Gasteiger partial charge is 0.263 e. The van der Waals surface area contributed by atoms with Crippen molar-refractivity contribution < 1.29 is 9.53 Å². The molecule has 1 saturated carbocycles. The van der Waals surface area contributed by atoms with Crippen molar-refractivity contribution in [2.24, 2.45) is 0 Å². The summed E-state index contributed by atoms with van der Waals surface area (Å²) in [5.74, 6) is 0.00891. The molecule has 3 aromatic rings. The van der Waals surface area contributed by atoms with Gasteiger partial charge >= 0.3 is 0 Å². The number of thiophene rings is 1. The van der Waals surface area contributed by atoms with Crippen LogP contribution in [-0.2, 0) is 11.3 Å². The number of ether oxygens (including phenoxy) is 1. The monoisotopic (exact) mass is 383 g/mol. The third kappa shape index (κ3) is 3.64. The van der Waals surface area contributed by atoms with Crippen LogP contribution in [0, 0.1) is 6.92 Å². The molecule has 0 saturated heterocycles. The number of aryl methyl sites for hydroxylation is 1. The number of hydrogen-bond donors (Lipinski definition) is 1. The summed E-state index contributed by atoms with van der Waals surface area (Å²) in [6.45, 7) is 2.48. The predicted molar refractivity (Wildman–Crippen MR) is 109 cm³/mol. The zero-order valence-electron chi connectivity index (χ0n) is 15.8. The van der Waals surface area contributed by atoms with Crippen LogP contribution in [0.5, 0.6) is 0 Å². The number of amides is 1. The number of methoxy groups -OCH3 is 1. The Hall–Kier alpha value is -2.18. The first-order valence-corrected chi connectivity index (χ1v) is 10.3. The highest BCUT2D eigenvalue weighted by Crippen LogP contribution is 2.36. The van der Waals surface area contributed by atoms with E-state index < -0.39 is 0 Å². The number of pyridine rings is 1. The zero-order valence-corrected chi connectivity index (χ0v) is 16.6. The van der Waals surface area contributed by atoms with Crippen molar-refractivity contribution in [2.75, 3.05) is 7.11 Å². The SMILES string of the molecule is COCc1cc(C)nc2sc(C(=O)NC3CCCCC3)c(-n3cccc3)c12. The van der Waals surface area contributed by atoms with Crippen LogP contribution in [-0.4, -0.2) is 28.6 Å². The fourth-order valence-electron chi connectivity index (χ4n) is 3.95. The average molecular weight is 384 g/mol. The van der Waals surface area contributed by atoms with Crippen molar-refractivity contribution in [3.8, 4) is 5.69 Å². The van der Waals surface area contributed by atoms with Gasteiger partial charge in [-0.3, -0.25) is 4.79 Å². The van der Waals surface area contributed by atoms with Gasteiger partial charge in [-0.15, -0.1) is 11.3 Å². The van der Waals surface area contributed by atoms with Crippen LogP contribution in [0.4, 0.5) is 0 Å². The van der Waals surface area contributed by atoms with Gasteiger partial charge in [-0.1, -0.05) is 19.3 Å². The highest BCUT2D eigenvalue weighted by Gasteiger charge is 2.25. The number of aromatic nitrogens is 2. The van der Waals surface area contributed by atoms with Crippen molar-refractivity contribution >= 4 is 27.5 Å². The summed E-state index contributed by atoms with van der Waals surface area (Å²) in [5.41, 5.74) is 2.92. The number of fused-ring (bicyclic) bond motifs is 1. The first-order chi connectivity index (χ1) is 13.2. The van der Waals surface area contributed by atoms with Gasteiger partial charge in [0.1, 0.15) is 9.71 Å². The Labute approximate surface area is 163 Å². The number of nitrogens with zero attached hydrogens (tertiary/aromatic N) is 2. The van der Waals surface area contributed by atoms with Crippen LogP contribution in [0.25, 0.3) is 15.9 Å². The molecule has 0 aliphatic heterocycles. The van der Waals surface area contributed by atoms with Crippen molar-refractivity contribution in [2.45, 2.75) is 51.7 Å². The van der Waals surface area contributed by atoms with Crippen LogP contribution in [0.2, 0.25) is 0 Å². The largest absolute Gasteiger partial charge is 0.380 e. The number of nitrogens with one attached hydrogen (secondary N) is 1. The lowest BCUT2D eigenvalue weighted by atomic mass is 9.95. The highest BCUT2D eigenvalue weighted by molar-refractivity contribution is 7.21. The van der Waals surface area contributed by atoms with E-state index in [-0.39, 0.29) is 11.9 Å². The molecule has 6 heteroatoms. The Kier molecular flexibility index (Phi) is 5.27. The van der Waals surface area contributed by atoms with E-state index in [9.17, 15) is 4.79 Å². The maximum absolute atomic E-state index is 13.2. The van der Waals surface area contributed by atoms with Crippen LogP contribution in [0.15, 0.2) is 30.6 Å². The molecule has 1 fully saturated rings. The molecule has 0 aromatic carbocycles. The summed E-state index contributed by atoms with van der Waals surface area (Å²) >= 11 is 1.47. The summed E-state index contributed by atoms with van der Waals surface area (Å²) in [6.07, 6.45) is 9.77. The standard InChI is InChI=1S/C21H25N3O2S/c1-14-12-15(13-26-2)17-18(24-10-6-7-11-24)19(27-21(17)22-14)20(25)23-16-8-4-3-5-9-16/h6-7,10-12,16H,3-5,8-9,13H2,1-2H3,(H,23,25). The molecule has 1 N–H and O–H groups in total. The second-order valence-electron chi connectivity index (χ2n) is 7.21. The molecule has 0 bridgehead atoms. The molecule has 0 unspecified atom stereocenters. The summed E-state index contributed by atoms with van der Waals surface area (Å²) in [5, 5.41) is 4.28. The van der Waals surface area contributed by atoms with E-state index >= 15 is 0 Å². The third-order valence-corrected chi connectivity index (χ3v) is 6.23. The molecule has 0 spiro atoms. The van der Waals surface area contributed by atoms with Crippen molar-refractivity contribution in [1.82, 2.24) is 14.9 Å². The molecule has 0 radical (unpaired) electrons. The minimum absolute atomic E-state index is 0.00891. The van der Waals surface area contributed by atoms with E-state index in [0.29, 0.717) is 6.61 Å². The van der Waals surface area contributed by atoms with E-state index in [1.54, 1.807) is 7.11 Å². The van der Waals surface area contributed by atoms with Crippen LogP contribution in [0.3, 0.4) is 0 Å². The third-order valence-electron chi connectivity index (χ3n) is 5.16. The minimum Gasteiger partial charge on any atom is -0.380 e. The zero-order chi connectivity index (χ0) is 18.8. The maximum Gasteiger partial charge on any atom is 0.263 e. The minimum atomic E-state index is 0.00891. The number of hydrogen-bond acceptors (Lipinski definition) is 4. The quantitative estimate of drug-likeness (QED) is 0.700. The fourth-order valence-corrected chi connectivity index (χ4v) is 5.12. The summed E-state index contributed by atoms with van der Waals surface area (Å²) < 4.78 is 7.44. The van der Waals surface area contributed by atoms with Gasteiger partial charge in [0, 0.05) is 36.6 Å². The molecular weight excluding hydrogens is 358 g/mol. The summed E-state index contributed by atoms with van der Waals surface area (Å²) in [6, 6.07) is 6.28. The lowest BCUT2D eigenvalue weighted by Crippen LogP contribution is -2.36. The van der Waals surface area contributed by atoms with Crippen molar-refractivity contribution in [3.63, 3.8) is 0 Å². The molecule has 3 heterocycles. The van der Waals surface area contributed by atoms with E-state index in [1.165, 1.54) is 30.6 Å². The predicted octanol–water partition coefficient (Wildman–Crippen LogP) is 4.60. The van der Waals surface area contributed by atoms with Gasteiger partial charge in [0.15, 0.2) is 0 Å². The Bertz CT molecular complexity index is 940. The van der Waals surface area contributed by atoms with E-state index in [0.717, 1.165) is 44.9 Å². The van der Waals surface area contributed by atoms with Gasteiger partial charge in [-0.05, 0) is 43.5 Å². The molecule has 5 nitrogen and oxygen atoms in total. The van der Waals surface area contributed by atoms with E-state index in [4.69, 9.17) is 9.72 Å². The number of rotatable bonds is 5. The van der Waals surface area contributed by atoms with Gasteiger partial charge in [-0.2, -0.15) is 0 Å². The Balaban J connectivity index is 1.82. The number of carbonyl (C=O) groups is 1. The molecule has 1 amide bonds. The molecule has 0 atom stereocenters. The van der Waals surface area contributed by atoms with E-state index in [2.05, 4.69) is 5.32 Å². The van der Waals surface area contributed by atoms with Crippen LogP contribution >= 0.6 is 11.3 Å². The average Bonchev–Trinajstić information content (AvgIpc) is 3.29. The molecule has 1 aliphatic carbocycles. The lowest BCUT2D eigenvalue weighted by Gasteiger charge is -2.22.